The topological polar surface area (TPSA) is 74.5 Å². The van der Waals surface area contributed by atoms with Gasteiger partial charge in [0.05, 0.1) is 23.9 Å². The van der Waals surface area contributed by atoms with Gasteiger partial charge in [0.1, 0.15) is 6.61 Å². The number of benzene rings is 1. The summed E-state index contributed by atoms with van der Waals surface area (Å²) in [6.45, 7) is 2.42. The Hall–Kier alpha value is -2.41. The van der Waals surface area contributed by atoms with Gasteiger partial charge in [0.2, 0.25) is 5.88 Å². The second-order valence-electron chi connectivity index (χ2n) is 6.49. The van der Waals surface area contributed by atoms with Gasteiger partial charge >= 0.3 is 35.5 Å². The summed E-state index contributed by atoms with van der Waals surface area (Å²) < 4.78 is 16.1. The molecule has 0 fully saturated rings. The molecule has 0 amide bonds. The number of hydrogen-bond donors (Lipinski definition) is 0. The largest absolute Gasteiger partial charge is 1.00 e. The fraction of sp³-hybridized carbons (Fsp3) is 0.261. The third-order valence-electron chi connectivity index (χ3n) is 4.42. The van der Waals surface area contributed by atoms with Crippen LogP contribution in [0.15, 0.2) is 53.2 Å². The smallest absolute Gasteiger partial charge is 1.00 e. The van der Waals surface area contributed by atoms with Crippen molar-refractivity contribution in [1.82, 2.24) is 10.1 Å². The fourth-order valence-electron chi connectivity index (χ4n) is 2.77. The number of carbonyl (C=O) groups excluding carboxylic acids is 1. The van der Waals surface area contributed by atoms with E-state index in [2.05, 4.69) is 21.8 Å². The van der Waals surface area contributed by atoms with E-state index in [0.29, 0.717) is 17.2 Å². The molecule has 0 saturated heterocycles. The Morgan fingerprint density at radius 1 is 1.17 bits per heavy atom. The predicted octanol–water partition coefficient (Wildman–Crippen LogP) is 2.06. The van der Waals surface area contributed by atoms with E-state index in [4.69, 9.17) is 9.26 Å². The van der Waals surface area contributed by atoms with E-state index in [1.54, 1.807) is 12.1 Å². The van der Waals surface area contributed by atoms with Gasteiger partial charge in [0, 0.05) is 12.3 Å². The third-order valence-corrected chi connectivity index (χ3v) is 4.42. The predicted molar refractivity (Wildman–Crippen MR) is 112 cm³/mol. The average Bonchev–Trinajstić information content (AvgIpc) is 3.16. The number of aromatic nitrogens is 2. The first-order chi connectivity index (χ1) is 14.2. The second-order valence-corrected chi connectivity index (χ2v) is 6.49. The zero-order valence-corrected chi connectivity index (χ0v) is 19.6. The first-order valence-corrected chi connectivity index (χ1v) is 9.59. The molecule has 30 heavy (non-hydrogen) atoms. The van der Waals surface area contributed by atoms with Crippen molar-refractivity contribution >= 4 is 18.1 Å². The van der Waals surface area contributed by atoms with Gasteiger partial charge in [0.25, 0.3) is 0 Å². The van der Waals surface area contributed by atoms with Crippen molar-refractivity contribution in [3.05, 3.63) is 76.8 Å². The molecule has 0 aliphatic carbocycles. The van der Waals surface area contributed by atoms with E-state index in [0.717, 1.165) is 36.1 Å². The molecule has 0 unspecified atom stereocenters. The van der Waals surface area contributed by atoms with Gasteiger partial charge in [0.15, 0.2) is 5.76 Å². The number of hydrogen-bond acceptors (Lipinski definition) is 6. The van der Waals surface area contributed by atoms with Crippen molar-refractivity contribution in [3.8, 4) is 5.88 Å². The standard InChI is InChI=1S/C23H24N2O4.Na.H/c1-3-4-10-20-19(16-28-22-14-12-18(15-24-22)23(26)27-2)21(29-25-20)13-11-17-8-6-5-7-9-17;;/h5-9,11-15H,3-4,10,16H2,1-2H3;;/q;+1;-1/b13-11+;;. The van der Waals surface area contributed by atoms with Crippen LogP contribution in [0.1, 0.15) is 54.1 Å². The molecule has 0 aliphatic heterocycles. The van der Waals surface area contributed by atoms with Crippen LogP contribution in [0.3, 0.4) is 0 Å². The first-order valence-electron chi connectivity index (χ1n) is 9.59. The number of nitrogens with zero attached hydrogens (tertiary/aromatic N) is 2. The molecule has 2 aromatic heterocycles. The second kappa shape index (κ2) is 12.3. The molecular formula is C23H25N2NaO4. The Kier molecular flexibility index (Phi) is 9.80. The van der Waals surface area contributed by atoms with Gasteiger partial charge in [-0.1, -0.05) is 54.9 Å². The number of rotatable bonds is 9. The minimum Gasteiger partial charge on any atom is -1.00 e. The number of unbranched alkanes of at least 4 members (excludes halogenated alkanes) is 1. The van der Waals surface area contributed by atoms with E-state index in [-0.39, 0.29) is 37.6 Å². The molecule has 0 bridgehead atoms. The Morgan fingerprint density at radius 3 is 2.63 bits per heavy atom. The van der Waals surface area contributed by atoms with E-state index in [1.165, 1.54) is 13.3 Å². The molecule has 7 heteroatoms. The summed E-state index contributed by atoms with van der Waals surface area (Å²) in [6.07, 6.45) is 8.24. The van der Waals surface area contributed by atoms with E-state index in [1.807, 2.05) is 42.5 Å². The van der Waals surface area contributed by atoms with Crippen molar-refractivity contribution in [2.45, 2.75) is 32.8 Å². The van der Waals surface area contributed by atoms with Crippen LogP contribution < -0.4 is 34.3 Å². The molecule has 0 saturated carbocycles. The number of pyridine rings is 1. The molecule has 3 aromatic rings. The van der Waals surface area contributed by atoms with Gasteiger partial charge in [-0.3, -0.25) is 0 Å². The molecule has 0 N–H and O–H groups in total. The van der Waals surface area contributed by atoms with Crippen molar-refractivity contribution in [2.24, 2.45) is 0 Å². The summed E-state index contributed by atoms with van der Waals surface area (Å²) >= 11 is 0. The molecule has 6 nitrogen and oxygen atoms in total. The monoisotopic (exact) mass is 416 g/mol. The SMILES string of the molecule is CCCCc1noc(/C=C/c2ccccc2)c1COc1ccc(C(=O)OC)cn1.[H-].[Na+]. The maximum atomic E-state index is 11.5. The summed E-state index contributed by atoms with van der Waals surface area (Å²) in [6, 6.07) is 13.3. The van der Waals surface area contributed by atoms with Crippen LogP contribution in [-0.2, 0) is 17.8 Å². The minimum atomic E-state index is -0.432. The molecular weight excluding hydrogens is 391 g/mol. The van der Waals surface area contributed by atoms with Crippen LogP contribution in [0, 0.1) is 0 Å². The quantitative estimate of drug-likeness (QED) is 0.393. The number of ether oxygens (including phenoxy) is 2. The van der Waals surface area contributed by atoms with Crippen molar-refractivity contribution in [3.63, 3.8) is 0 Å². The van der Waals surface area contributed by atoms with Gasteiger partial charge in [-0.15, -0.1) is 0 Å². The van der Waals surface area contributed by atoms with Crippen LogP contribution in [-0.4, -0.2) is 23.2 Å². The molecule has 152 valence electrons. The number of esters is 1. The van der Waals surface area contributed by atoms with Crippen molar-refractivity contribution < 1.29 is 49.8 Å². The summed E-state index contributed by atoms with van der Waals surface area (Å²) in [5.41, 5.74) is 3.25. The zero-order chi connectivity index (χ0) is 20.5. The molecule has 0 spiro atoms. The van der Waals surface area contributed by atoms with Crippen LogP contribution >= 0.6 is 0 Å². The van der Waals surface area contributed by atoms with Crippen LogP contribution in [0.4, 0.5) is 0 Å². The minimum absolute atomic E-state index is 0. The molecule has 3 rings (SSSR count). The summed E-state index contributed by atoms with van der Waals surface area (Å²) in [5.74, 6) is 0.655. The van der Waals surface area contributed by atoms with Crippen LogP contribution in [0.2, 0.25) is 0 Å². The molecule has 0 atom stereocenters. The summed E-state index contributed by atoms with van der Waals surface area (Å²) in [7, 11) is 1.33. The van der Waals surface area contributed by atoms with Crippen LogP contribution in [0.5, 0.6) is 5.88 Å². The van der Waals surface area contributed by atoms with Gasteiger partial charge in [-0.25, -0.2) is 9.78 Å². The van der Waals surface area contributed by atoms with E-state index < -0.39 is 5.97 Å². The fourth-order valence-corrected chi connectivity index (χ4v) is 2.77. The van der Waals surface area contributed by atoms with E-state index >= 15 is 0 Å². The summed E-state index contributed by atoms with van der Waals surface area (Å²) in [4.78, 5) is 15.7. The molecule has 0 radical (unpaired) electrons. The third kappa shape index (κ3) is 6.55. The average molecular weight is 416 g/mol. The number of methoxy groups -OCH3 is 1. The Balaban J connectivity index is 0.00000240. The zero-order valence-electron chi connectivity index (χ0n) is 18.6. The van der Waals surface area contributed by atoms with Gasteiger partial charge in [-0.2, -0.15) is 0 Å². The molecule has 1 aromatic carbocycles. The maximum absolute atomic E-state index is 11.5. The van der Waals surface area contributed by atoms with Crippen molar-refractivity contribution in [1.29, 1.82) is 0 Å². The van der Waals surface area contributed by atoms with Crippen LogP contribution in [0.25, 0.3) is 12.2 Å². The van der Waals surface area contributed by atoms with Gasteiger partial charge in [-0.05, 0) is 30.5 Å². The Morgan fingerprint density at radius 2 is 1.97 bits per heavy atom. The number of aryl methyl sites for hydroxylation is 1. The Bertz CT molecular complexity index is 959. The van der Waals surface area contributed by atoms with Gasteiger partial charge < -0.3 is 15.4 Å². The number of carbonyl (C=O) groups is 1. The van der Waals surface area contributed by atoms with Crippen molar-refractivity contribution in [2.75, 3.05) is 7.11 Å². The van der Waals surface area contributed by atoms with E-state index in [9.17, 15) is 4.79 Å². The normalized spacial score (nSPS) is 10.6. The molecule has 2 heterocycles. The Labute approximate surface area is 200 Å². The summed E-state index contributed by atoms with van der Waals surface area (Å²) in [5, 5.41) is 4.24. The molecule has 0 aliphatic rings. The first kappa shape index (κ1) is 23.9. The maximum Gasteiger partial charge on any atom is 1.00 e.